The minimum absolute atomic E-state index is 0.0128. The topological polar surface area (TPSA) is 127 Å². The number of aliphatic hydroxyl groups excluding tert-OH is 2. The van der Waals surface area contributed by atoms with Gasteiger partial charge in [0.05, 0.1) is 12.0 Å². The van der Waals surface area contributed by atoms with E-state index in [1.54, 1.807) is 0 Å². The van der Waals surface area contributed by atoms with Gasteiger partial charge in [0.2, 0.25) is 0 Å². The quantitative estimate of drug-likeness (QED) is 0.569. The Hall–Kier alpha value is -1.81. The molecule has 3 heterocycles. The number of rotatable bonds is 2. The van der Waals surface area contributed by atoms with E-state index in [0.717, 1.165) is 12.5 Å². The molecule has 0 bridgehead atoms. The molecule has 0 spiro atoms. The van der Waals surface area contributed by atoms with Crippen LogP contribution in [0.5, 0.6) is 0 Å². The van der Waals surface area contributed by atoms with E-state index in [-0.39, 0.29) is 16.9 Å². The molecule has 2 aromatic heterocycles. The summed E-state index contributed by atoms with van der Waals surface area (Å²) in [6.45, 7) is 0.860. The van der Waals surface area contributed by atoms with Gasteiger partial charge in [0.1, 0.15) is 30.0 Å². The summed E-state index contributed by atoms with van der Waals surface area (Å²) < 4.78 is 20.7. The Kier molecular flexibility index (Phi) is 3.10. The fourth-order valence-electron chi connectivity index (χ4n) is 2.63. The lowest BCUT2D eigenvalue weighted by molar-refractivity contribution is -0.0949. The third-order valence-corrected chi connectivity index (χ3v) is 3.78. The molecule has 4 atom stereocenters. The molecule has 0 aliphatic carbocycles. The van der Waals surface area contributed by atoms with E-state index in [9.17, 15) is 19.7 Å². The Balaban J connectivity index is 2.15. The van der Waals surface area contributed by atoms with Gasteiger partial charge in [-0.25, -0.2) is 14.4 Å². The number of nitrogens with zero attached hydrogens (tertiary/aromatic N) is 3. The van der Waals surface area contributed by atoms with Crippen LogP contribution in [0.25, 0.3) is 11.0 Å². The number of nitrogens with two attached hydrogens (primary N) is 1. The first kappa shape index (κ1) is 14.1. The van der Waals surface area contributed by atoms with E-state index < -0.39 is 36.5 Å². The molecule has 2 unspecified atom stereocenters. The van der Waals surface area contributed by atoms with E-state index in [1.807, 2.05) is 0 Å². The number of hydrogen-bond donors (Lipinski definition) is 4. The van der Waals surface area contributed by atoms with Gasteiger partial charge in [-0.2, -0.15) is 0 Å². The maximum atomic E-state index is 14.0. The molecule has 3 rings (SSSR count). The Morgan fingerprint density at radius 1 is 1.52 bits per heavy atom. The van der Waals surface area contributed by atoms with Crippen LogP contribution in [-0.2, 0) is 4.74 Å². The van der Waals surface area contributed by atoms with Crippen molar-refractivity contribution < 1.29 is 24.4 Å². The second-order valence-electron chi connectivity index (χ2n) is 5.22. The first-order chi connectivity index (χ1) is 9.87. The zero-order valence-corrected chi connectivity index (χ0v) is 11.1. The van der Waals surface area contributed by atoms with E-state index in [0.29, 0.717) is 0 Å². The van der Waals surface area contributed by atoms with Crippen molar-refractivity contribution in [3.63, 3.8) is 0 Å². The number of hydrogen-bond acceptors (Lipinski definition) is 7. The predicted octanol–water partition coefficient (Wildman–Crippen LogP) is -0.846. The normalized spacial score (nSPS) is 32.9. The van der Waals surface area contributed by atoms with Gasteiger partial charge in [0, 0.05) is 6.20 Å². The molecule has 0 saturated carbocycles. The Morgan fingerprint density at radius 2 is 2.24 bits per heavy atom. The van der Waals surface area contributed by atoms with Crippen molar-refractivity contribution >= 4 is 16.9 Å². The maximum Gasteiger partial charge on any atom is 0.167 e. The number of fused-ring (bicyclic) bond motifs is 1. The largest absolute Gasteiger partial charge is 0.394 e. The maximum absolute atomic E-state index is 14.0. The van der Waals surface area contributed by atoms with Crippen molar-refractivity contribution in [3.8, 4) is 0 Å². The Bertz CT molecular complexity index is 689. The van der Waals surface area contributed by atoms with Crippen molar-refractivity contribution in [1.29, 1.82) is 0 Å². The molecule has 1 aliphatic heterocycles. The van der Waals surface area contributed by atoms with Crippen molar-refractivity contribution in [1.82, 2.24) is 14.5 Å². The SMILES string of the molecule is CC1(O)C(O)[C@@H](CO)O[C@H]1n1cc(F)c2c(N)ncnc21. The lowest BCUT2D eigenvalue weighted by atomic mass is 9.96. The summed E-state index contributed by atoms with van der Waals surface area (Å²) in [4.78, 5) is 7.66. The summed E-state index contributed by atoms with van der Waals surface area (Å²) in [6, 6.07) is 0. The summed E-state index contributed by atoms with van der Waals surface area (Å²) in [6.07, 6.45) is -1.19. The van der Waals surface area contributed by atoms with Gasteiger partial charge in [-0.1, -0.05) is 0 Å². The molecule has 8 nitrogen and oxygen atoms in total. The second-order valence-corrected chi connectivity index (χ2v) is 5.22. The summed E-state index contributed by atoms with van der Waals surface area (Å²) in [5.41, 5.74) is 4.02. The van der Waals surface area contributed by atoms with Gasteiger partial charge >= 0.3 is 0 Å². The number of ether oxygens (including phenoxy) is 1. The lowest BCUT2D eigenvalue weighted by Gasteiger charge is -2.27. The molecule has 0 radical (unpaired) electrons. The van der Waals surface area contributed by atoms with Crippen molar-refractivity contribution in [3.05, 3.63) is 18.3 Å². The predicted molar refractivity (Wildman–Crippen MR) is 69.5 cm³/mol. The molecule has 5 N–H and O–H groups in total. The van der Waals surface area contributed by atoms with Crippen LogP contribution in [0.2, 0.25) is 0 Å². The van der Waals surface area contributed by atoms with Gasteiger partial charge < -0.3 is 25.8 Å². The first-order valence-electron chi connectivity index (χ1n) is 6.31. The van der Waals surface area contributed by atoms with Gasteiger partial charge in [0.25, 0.3) is 0 Å². The number of aromatic nitrogens is 3. The highest BCUT2D eigenvalue weighted by atomic mass is 19.1. The smallest absolute Gasteiger partial charge is 0.167 e. The van der Waals surface area contributed by atoms with Crippen LogP contribution in [0.4, 0.5) is 10.2 Å². The number of anilines is 1. The third-order valence-electron chi connectivity index (χ3n) is 3.78. The monoisotopic (exact) mass is 298 g/mol. The molecule has 1 saturated heterocycles. The fraction of sp³-hybridized carbons (Fsp3) is 0.500. The van der Waals surface area contributed by atoms with Crippen LogP contribution in [0.15, 0.2) is 12.5 Å². The highest BCUT2D eigenvalue weighted by Crippen LogP contribution is 2.40. The van der Waals surface area contributed by atoms with Crippen LogP contribution in [0, 0.1) is 5.82 Å². The molecular weight excluding hydrogens is 283 g/mol. The van der Waals surface area contributed by atoms with Gasteiger partial charge in [-0.3, -0.25) is 4.57 Å². The molecule has 1 aliphatic rings. The van der Waals surface area contributed by atoms with E-state index >= 15 is 0 Å². The van der Waals surface area contributed by atoms with Gasteiger partial charge in [0.15, 0.2) is 17.7 Å². The summed E-state index contributed by atoms with van der Waals surface area (Å²) in [5, 5.41) is 29.6. The highest BCUT2D eigenvalue weighted by molar-refractivity contribution is 5.86. The molecule has 1 fully saturated rings. The van der Waals surface area contributed by atoms with Gasteiger partial charge in [-0.15, -0.1) is 0 Å². The average Bonchev–Trinajstić information content (AvgIpc) is 2.87. The zero-order chi connectivity index (χ0) is 15.4. The Labute approximate surface area is 118 Å². The summed E-state index contributed by atoms with van der Waals surface area (Å²) in [7, 11) is 0. The zero-order valence-electron chi connectivity index (χ0n) is 11.1. The molecule has 0 aromatic carbocycles. The standard InChI is InChI=1S/C12H15FN4O4/c1-12(20)8(19)6(3-18)21-11(12)17-2-5(13)7-9(14)15-4-16-10(7)17/h2,4,6,8,11,18-20H,3H2,1H3,(H2,14,15,16)/t6-,8?,11-,12?/m1/s1. The summed E-state index contributed by atoms with van der Waals surface area (Å²) >= 11 is 0. The van der Waals surface area contributed by atoms with Crippen LogP contribution < -0.4 is 5.73 Å². The van der Waals surface area contributed by atoms with E-state index in [4.69, 9.17) is 10.5 Å². The minimum atomic E-state index is -1.73. The first-order valence-corrected chi connectivity index (χ1v) is 6.31. The van der Waals surface area contributed by atoms with Crippen LogP contribution in [0.1, 0.15) is 13.2 Å². The Morgan fingerprint density at radius 3 is 2.86 bits per heavy atom. The molecule has 0 amide bonds. The van der Waals surface area contributed by atoms with Crippen LogP contribution in [0.3, 0.4) is 0 Å². The number of aliphatic hydroxyl groups is 3. The molecule has 9 heteroatoms. The molecule has 114 valence electrons. The molecule has 21 heavy (non-hydrogen) atoms. The van der Waals surface area contributed by atoms with Crippen molar-refractivity contribution in [2.24, 2.45) is 0 Å². The third kappa shape index (κ3) is 1.89. The van der Waals surface area contributed by atoms with E-state index in [1.165, 1.54) is 11.5 Å². The fourth-order valence-corrected chi connectivity index (χ4v) is 2.63. The van der Waals surface area contributed by atoms with Gasteiger partial charge in [-0.05, 0) is 6.92 Å². The average molecular weight is 298 g/mol. The van der Waals surface area contributed by atoms with Crippen molar-refractivity contribution in [2.75, 3.05) is 12.3 Å². The minimum Gasteiger partial charge on any atom is -0.394 e. The summed E-state index contributed by atoms with van der Waals surface area (Å²) in [5.74, 6) is -0.697. The lowest BCUT2D eigenvalue weighted by Crippen LogP contribution is -2.44. The highest BCUT2D eigenvalue weighted by Gasteiger charge is 2.53. The number of nitrogen functional groups attached to an aromatic ring is 1. The van der Waals surface area contributed by atoms with Crippen molar-refractivity contribution in [2.45, 2.75) is 31.0 Å². The van der Waals surface area contributed by atoms with E-state index in [2.05, 4.69) is 9.97 Å². The molecular formula is C12H15FN4O4. The molecule has 2 aromatic rings. The van der Waals surface area contributed by atoms with Crippen LogP contribution in [-0.4, -0.2) is 54.3 Å². The second kappa shape index (κ2) is 4.60. The van der Waals surface area contributed by atoms with Crippen LogP contribution >= 0.6 is 0 Å². The number of halogens is 1.